The second-order valence-corrected chi connectivity index (χ2v) is 6.79. The number of halogens is 1. The van der Waals surface area contributed by atoms with Crippen LogP contribution < -0.4 is 4.74 Å². The van der Waals surface area contributed by atoms with Gasteiger partial charge in [-0.05, 0) is 32.4 Å². The van der Waals surface area contributed by atoms with Gasteiger partial charge in [-0.25, -0.2) is 9.18 Å². The van der Waals surface area contributed by atoms with Crippen LogP contribution >= 0.6 is 0 Å². The first-order chi connectivity index (χ1) is 13.4. The zero-order chi connectivity index (χ0) is 20.3. The largest absolute Gasteiger partial charge is 0.485 e. The van der Waals surface area contributed by atoms with E-state index >= 15 is 0 Å². The van der Waals surface area contributed by atoms with Gasteiger partial charge in [-0.2, -0.15) is 0 Å². The fourth-order valence-corrected chi connectivity index (χ4v) is 3.47. The lowest BCUT2D eigenvalue weighted by Gasteiger charge is -2.22. The highest BCUT2D eigenvalue weighted by atomic mass is 19.1. The molecule has 2 atom stereocenters. The van der Waals surface area contributed by atoms with Crippen molar-refractivity contribution >= 4 is 11.9 Å². The molecule has 0 N–H and O–H groups in total. The Labute approximate surface area is 162 Å². The van der Waals surface area contributed by atoms with Gasteiger partial charge in [0.25, 0.3) is 0 Å². The maximum absolute atomic E-state index is 13.9. The molecule has 1 aliphatic heterocycles. The number of esters is 1. The third-order valence-corrected chi connectivity index (χ3v) is 4.96. The van der Waals surface area contributed by atoms with Crippen molar-refractivity contribution in [2.24, 2.45) is 0 Å². The minimum absolute atomic E-state index is 0.0983. The highest BCUT2D eigenvalue weighted by Crippen LogP contribution is 2.26. The number of aromatic nitrogens is 1. The van der Waals surface area contributed by atoms with Crippen molar-refractivity contribution in [3.8, 4) is 5.75 Å². The van der Waals surface area contributed by atoms with Crippen molar-refractivity contribution in [3.63, 3.8) is 0 Å². The van der Waals surface area contributed by atoms with Gasteiger partial charge in [-0.15, -0.1) is 0 Å². The van der Waals surface area contributed by atoms with Crippen LogP contribution in [0.25, 0.3) is 0 Å². The Balaban J connectivity index is 1.69. The summed E-state index contributed by atoms with van der Waals surface area (Å²) in [6.45, 7) is 3.81. The number of aryl methyl sites for hydroxylation is 2. The first-order valence-electron chi connectivity index (χ1n) is 9.11. The summed E-state index contributed by atoms with van der Waals surface area (Å²) in [4.78, 5) is 26.4. The molecule has 2 heterocycles. The maximum Gasteiger partial charge on any atom is 0.328 e. The number of likely N-dealkylation sites (tertiary alicyclic amines) is 1. The van der Waals surface area contributed by atoms with Gasteiger partial charge in [-0.1, -0.05) is 17.3 Å². The molecule has 1 aromatic heterocycles. The lowest BCUT2D eigenvalue weighted by atomic mass is 10.1. The normalized spacial score (nSPS) is 18.9. The molecule has 0 bridgehead atoms. The molecule has 1 aromatic carbocycles. The summed E-state index contributed by atoms with van der Waals surface area (Å²) in [7, 11) is 1.28. The molecule has 1 amide bonds. The Hall–Kier alpha value is -2.90. The van der Waals surface area contributed by atoms with Crippen molar-refractivity contribution in [2.75, 3.05) is 13.7 Å². The minimum Gasteiger partial charge on any atom is -0.485 e. The molecule has 0 unspecified atom stereocenters. The number of methoxy groups -OCH3 is 1. The number of carbonyl (C=O) groups excluding carboxylic acids is 2. The number of para-hydroxylation sites is 1. The Kier molecular flexibility index (Phi) is 5.96. The minimum atomic E-state index is -0.751. The quantitative estimate of drug-likeness (QED) is 0.705. The van der Waals surface area contributed by atoms with E-state index in [1.165, 1.54) is 24.1 Å². The zero-order valence-electron chi connectivity index (χ0n) is 16.1. The van der Waals surface area contributed by atoms with Gasteiger partial charge in [-0.3, -0.25) is 4.79 Å². The average Bonchev–Trinajstić information content (AvgIpc) is 3.24. The van der Waals surface area contributed by atoms with Gasteiger partial charge in [0.15, 0.2) is 11.6 Å². The molecule has 1 aliphatic rings. The third kappa shape index (κ3) is 4.16. The predicted octanol–water partition coefficient (Wildman–Crippen LogP) is 2.58. The van der Waals surface area contributed by atoms with Crippen LogP contribution in [-0.2, 0) is 20.7 Å². The molecule has 7 nitrogen and oxygen atoms in total. The topological polar surface area (TPSA) is 81.9 Å². The molecule has 1 saturated heterocycles. The molecule has 150 valence electrons. The molecule has 2 aromatic rings. The van der Waals surface area contributed by atoms with Gasteiger partial charge < -0.3 is 18.9 Å². The number of amides is 1. The van der Waals surface area contributed by atoms with Crippen LogP contribution in [0.1, 0.15) is 29.9 Å². The first kappa shape index (κ1) is 19.9. The number of ether oxygens (including phenoxy) is 2. The maximum atomic E-state index is 13.9. The summed E-state index contributed by atoms with van der Waals surface area (Å²) >= 11 is 0. The highest BCUT2D eigenvalue weighted by molar-refractivity contribution is 5.85. The standard InChI is InChI=1S/C20H23FN2O5/c1-12-15(13(2)28-22-12)8-9-19(24)23-11-14(10-17(23)20(25)26-3)27-18-7-5-4-6-16(18)21/h4-7,14,17H,8-11H2,1-3H3/t14-,17-/m0/s1. The molecule has 8 heteroatoms. The fraction of sp³-hybridized carbons (Fsp3) is 0.450. The number of hydrogen-bond donors (Lipinski definition) is 0. The number of carbonyl (C=O) groups is 2. The van der Waals surface area contributed by atoms with E-state index in [1.54, 1.807) is 19.1 Å². The summed E-state index contributed by atoms with van der Waals surface area (Å²) in [6, 6.07) is 5.30. The lowest BCUT2D eigenvalue weighted by molar-refractivity contribution is -0.150. The molecule has 0 aliphatic carbocycles. The first-order valence-corrected chi connectivity index (χ1v) is 9.11. The van der Waals surface area contributed by atoms with Gasteiger partial charge in [0.2, 0.25) is 5.91 Å². The van der Waals surface area contributed by atoms with Crippen molar-refractivity contribution in [1.29, 1.82) is 0 Å². The van der Waals surface area contributed by atoms with Gasteiger partial charge in [0, 0.05) is 18.4 Å². The molecule has 1 fully saturated rings. The molecule has 0 spiro atoms. The average molecular weight is 390 g/mol. The van der Waals surface area contributed by atoms with Crippen LogP contribution in [-0.4, -0.2) is 47.7 Å². The Morgan fingerprint density at radius 3 is 2.71 bits per heavy atom. The number of hydrogen-bond acceptors (Lipinski definition) is 6. The van der Waals surface area contributed by atoms with E-state index in [0.29, 0.717) is 12.2 Å². The second-order valence-electron chi connectivity index (χ2n) is 6.79. The number of rotatable bonds is 6. The third-order valence-electron chi connectivity index (χ3n) is 4.96. The van der Waals surface area contributed by atoms with Crippen LogP contribution in [0.3, 0.4) is 0 Å². The predicted molar refractivity (Wildman–Crippen MR) is 97.2 cm³/mol. The molecule has 0 saturated carbocycles. The Morgan fingerprint density at radius 2 is 2.07 bits per heavy atom. The van der Waals surface area contributed by atoms with Crippen molar-refractivity contribution in [2.45, 2.75) is 45.3 Å². The fourth-order valence-electron chi connectivity index (χ4n) is 3.47. The monoisotopic (exact) mass is 390 g/mol. The van der Waals surface area contributed by atoms with Gasteiger partial charge in [0.1, 0.15) is 17.9 Å². The SMILES string of the molecule is COC(=O)[C@@H]1C[C@H](Oc2ccccc2F)CN1C(=O)CCc1c(C)noc1C. The van der Waals surface area contributed by atoms with Crippen molar-refractivity contribution in [1.82, 2.24) is 10.1 Å². The van der Waals surface area contributed by atoms with Gasteiger partial charge >= 0.3 is 5.97 Å². The van der Waals surface area contributed by atoms with E-state index in [-0.39, 0.29) is 31.0 Å². The molecule has 28 heavy (non-hydrogen) atoms. The van der Waals surface area contributed by atoms with Crippen molar-refractivity contribution < 1.29 is 28.0 Å². The van der Waals surface area contributed by atoms with E-state index in [4.69, 9.17) is 14.0 Å². The van der Waals surface area contributed by atoms with E-state index < -0.39 is 23.9 Å². The molecule has 3 rings (SSSR count). The zero-order valence-corrected chi connectivity index (χ0v) is 16.1. The number of benzene rings is 1. The van der Waals surface area contributed by atoms with Crippen LogP contribution in [0.4, 0.5) is 4.39 Å². The van der Waals surface area contributed by atoms with E-state index in [1.807, 2.05) is 6.92 Å². The van der Waals surface area contributed by atoms with E-state index in [0.717, 1.165) is 11.3 Å². The molecule has 0 radical (unpaired) electrons. The Morgan fingerprint density at radius 1 is 1.32 bits per heavy atom. The summed E-state index contributed by atoms with van der Waals surface area (Å²) in [5, 5.41) is 3.89. The summed E-state index contributed by atoms with van der Waals surface area (Å²) in [5.74, 6) is -0.418. The van der Waals surface area contributed by atoms with Gasteiger partial charge in [0.05, 0.1) is 19.3 Å². The van der Waals surface area contributed by atoms with Crippen molar-refractivity contribution in [3.05, 3.63) is 47.1 Å². The highest BCUT2D eigenvalue weighted by Gasteiger charge is 2.41. The summed E-state index contributed by atoms with van der Waals surface area (Å²) in [5.41, 5.74) is 1.64. The second kappa shape index (κ2) is 8.41. The Bertz CT molecular complexity index is 847. The molecular formula is C20H23FN2O5. The van der Waals surface area contributed by atoms with Crippen LogP contribution in [0.15, 0.2) is 28.8 Å². The van der Waals surface area contributed by atoms with E-state index in [9.17, 15) is 14.0 Å². The van der Waals surface area contributed by atoms with Crippen LogP contribution in [0, 0.1) is 19.7 Å². The van der Waals surface area contributed by atoms with Crippen LogP contribution in [0.2, 0.25) is 0 Å². The smallest absolute Gasteiger partial charge is 0.328 e. The van der Waals surface area contributed by atoms with Crippen LogP contribution in [0.5, 0.6) is 5.75 Å². The lowest BCUT2D eigenvalue weighted by Crippen LogP contribution is -2.41. The molecular weight excluding hydrogens is 367 g/mol. The summed E-state index contributed by atoms with van der Waals surface area (Å²) in [6.07, 6.45) is 0.411. The number of nitrogens with zero attached hydrogens (tertiary/aromatic N) is 2. The summed E-state index contributed by atoms with van der Waals surface area (Å²) < 4.78 is 29.5. The van der Waals surface area contributed by atoms with E-state index in [2.05, 4.69) is 5.16 Å².